The van der Waals surface area contributed by atoms with Gasteiger partial charge >= 0.3 is 0 Å². The summed E-state index contributed by atoms with van der Waals surface area (Å²) in [5.74, 6) is 0.954. The van der Waals surface area contributed by atoms with Crippen LogP contribution in [-0.2, 0) is 0 Å². The molecule has 0 aliphatic heterocycles. The quantitative estimate of drug-likeness (QED) is 0.714. The van der Waals surface area contributed by atoms with E-state index < -0.39 is 0 Å². The molecule has 0 amide bonds. The third-order valence-electron chi connectivity index (χ3n) is 2.45. The standard InChI is InChI=1S/C11H16OS/c1-7-8(2)11(12-4)6-5-10(7)9(3)13/h5-6,9,13H,1-4H3. The fourth-order valence-corrected chi connectivity index (χ4v) is 1.77. The van der Waals surface area contributed by atoms with Crippen LogP contribution in [0.25, 0.3) is 0 Å². The van der Waals surface area contributed by atoms with Gasteiger partial charge in [0.1, 0.15) is 5.75 Å². The van der Waals surface area contributed by atoms with Crippen LogP contribution < -0.4 is 4.74 Å². The van der Waals surface area contributed by atoms with Crippen LogP contribution in [0.2, 0.25) is 0 Å². The number of methoxy groups -OCH3 is 1. The number of rotatable bonds is 2. The Morgan fingerprint density at radius 3 is 2.31 bits per heavy atom. The minimum atomic E-state index is 0.282. The second-order valence-corrected chi connectivity index (χ2v) is 4.06. The van der Waals surface area contributed by atoms with Gasteiger partial charge in [0.2, 0.25) is 0 Å². The maximum Gasteiger partial charge on any atom is 0.122 e. The van der Waals surface area contributed by atoms with E-state index in [1.54, 1.807) is 7.11 Å². The molecule has 1 aromatic carbocycles. The number of thiol groups is 1. The predicted molar refractivity (Wildman–Crippen MR) is 59.9 cm³/mol. The lowest BCUT2D eigenvalue weighted by atomic mass is 10.0. The first kappa shape index (κ1) is 10.5. The summed E-state index contributed by atoms with van der Waals surface area (Å²) < 4.78 is 5.24. The Hall–Kier alpha value is -0.630. The number of hydrogen-bond acceptors (Lipinski definition) is 2. The van der Waals surface area contributed by atoms with Crippen LogP contribution in [0.1, 0.15) is 28.9 Å². The number of hydrogen-bond donors (Lipinski definition) is 1. The first-order valence-corrected chi connectivity index (χ1v) is 4.91. The molecule has 2 heteroatoms. The Balaban J connectivity index is 3.23. The average Bonchev–Trinajstić information content (AvgIpc) is 2.09. The van der Waals surface area contributed by atoms with Crippen molar-refractivity contribution in [3.8, 4) is 5.75 Å². The first-order chi connectivity index (χ1) is 6.07. The van der Waals surface area contributed by atoms with Crippen molar-refractivity contribution in [1.82, 2.24) is 0 Å². The van der Waals surface area contributed by atoms with Crippen molar-refractivity contribution in [2.45, 2.75) is 26.0 Å². The Morgan fingerprint density at radius 1 is 1.23 bits per heavy atom. The molecule has 1 aromatic rings. The topological polar surface area (TPSA) is 9.23 Å². The zero-order valence-corrected chi connectivity index (χ0v) is 9.48. The van der Waals surface area contributed by atoms with Gasteiger partial charge in [0.05, 0.1) is 7.11 Å². The van der Waals surface area contributed by atoms with Gasteiger partial charge in [-0.1, -0.05) is 6.07 Å². The van der Waals surface area contributed by atoms with Gasteiger partial charge in [-0.05, 0) is 43.5 Å². The van der Waals surface area contributed by atoms with Crippen LogP contribution in [0.4, 0.5) is 0 Å². The molecule has 0 aliphatic rings. The van der Waals surface area contributed by atoms with Gasteiger partial charge in [0.25, 0.3) is 0 Å². The highest BCUT2D eigenvalue weighted by Gasteiger charge is 2.08. The molecule has 13 heavy (non-hydrogen) atoms. The normalized spacial score (nSPS) is 12.7. The van der Waals surface area contributed by atoms with E-state index in [9.17, 15) is 0 Å². The lowest BCUT2D eigenvalue weighted by molar-refractivity contribution is 0.411. The highest BCUT2D eigenvalue weighted by Crippen LogP contribution is 2.29. The summed E-state index contributed by atoms with van der Waals surface area (Å²) in [6, 6.07) is 4.09. The van der Waals surface area contributed by atoms with Gasteiger partial charge in [0, 0.05) is 5.25 Å². The molecular formula is C11H16OS. The van der Waals surface area contributed by atoms with E-state index in [0.29, 0.717) is 0 Å². The zero-order chi connectivity index (χ0) is 10.0. The van der Waals surface area contributed by atoms with Crippen molar-refractivity contribution >= 4 is 12.6 Å². The van der Waals surface area contributed by atoms with Gasteiger partial charge in [-0.3, -0.25) is 0 Å². The summed E-state index contributed by atoms with van der Waals surface area (Å²) in [5, 5.41) is 0.282. The number of ether oxygens (including phenoxy) is 1. The lowest BCUT2D eigenvalue weighted by Crippen LogP contribution is -1.96. The molecule has 0 heterocycles. The van der Waals surface area contributed by atoms with Crippen molar-refractivity contribution in [2.75, 3.05) is 7.11 Å². The molecule has 1 nitrogen and oxygen atoms in total. The third kappa shape index (κ3) is 1.99. The van der Waals surface area contributed by atoms with E-state index >= 15 is 0 Å². The van der Waals surface area contributed by atoms with E-state index in [-0.39, 0.29) is 5.25 Å². The SMILES string of the molecule is COc1ccc(C(C)S)c(C)c1C. The van der Waals surface area contributed by atoms with Crippen LogP contribution in [0, 0.1) is 13.8 Å². The summed E-state index contributed by atoms with van der Waals surface area (Å²) in [6.07, 6.45) is 0. The van der Waals surface area contributed by atoms with Crippen LogP contribution in [0.3, 0.4) is 0 Å². The first-order valence-electron chi connectivity index (χ1n) is 4.40. The predicted octanol–water partition coefficient (Wildman–Crippen LogP) is 3.30. The molecule has 0 saturated carbocycles. The summed E-state index contributed by atoms with van der Waals surface area (Å²) in [7, 11) is 1.70. The molecule has 0 bridgehead atoms. The summed E-state index contributed by atoms with van der Waals surface area (Å²) in [4.78, 5) is 0. The summed E-state index contributed by atoms with van der Waals surface area (Å²) in [5.41, 5.74) is 3.77. The smallest absolute Gasteiger partial charge is 0.122 e. The van der Waals surface area contributed by atoms with Crippen LogP contribution in [0.5, 0.6) is 5.75 Å². The van der Waals surface area contributed by atoms with Crippen LogP contribution >= 0.6 is 12.6 Å². The summed E-state index contributed by atoms with van der Waals surface area (Å²) >= 11 is 4.43. The second-order valence-electron chi connectivity index (χ2n) is 3.28. The molecular weight excluding hydrogens is 180 g/mol. The maximum absolute atomic E-state index is 5.24. The van der Waals surface area contributed by atoms with Gasteiger partial charge in [0.15, 0.2) is 0 Å². The van der Waals surface area contributed by atoms with Crippen molar-refractivity contribution in [3.63, 3.8) is 0 Å². The second kappa shape index (κ2) is 4.05. The minimum Gasteiger partial charge on any atom is -0.496 e. The van der Waals surface area contributed by atoms with E-state index in [4.69, 9.17) is 4.74 Å². The molecule has 1 atom stereocenters. The van der Waals surface area contributed by atoms with E-state index in [1.807, 2.05) is 6.07 Å². The van der Waals surface area contributed by atoms with Gasteiger partial charge < -0.3 is 4.74 Å². The molecule has 1 rings (SSSR count). The van der Waals surface area contributed by atoms with E-state index in [2.05, 4.69) is 39.5 Å². The van der Waals surface area contributed by atoms with E-state index in [0.717, 1.165) is 5.75 Å². The number of benzene rings is 1. The van der Waals surface area contributed by atoms with Crippen molar-refractivity contribution in [2.24, 2.45) is 0 Å². The average molecular weight is 196 g/mol. The molecule has 0 aromatic heterocycles. The molecule has 0 N–H and O–H groups in total. The van der Waals surface area contributed by atoms with Crippen molar-refractivity contribution < 1.29 is 4.74 Å². The lowest BCUT2D eigenvalue weighted by Gasteiger charge is -2.14. The zero-order valence-electron chi connectivity index (χ0n) is 8.59. The molecule has 1 unspecified atom stereocenters. The van der Waals surface area contributed by atoms with Crippen molar-refractivity contribution in [3.05, 3.63) is 28.8 Å². The Morgan fingerprint density at radius 2 is 1.85 bits per heavy atom. The Labute approximate surface area is 85.5 Å². The van der Waals surface area contributed by atoms with Crippen LogP contribution in [0.15, 0.2) is 12.1 Å². The largest absolute Gasteiger partial charge is 0.496 e. The third-order valence-corrected chi connectivity index (χ3v) is 2.73. The molecule has 0 aliphatic carbocycles. The van der Waals surface area contributed by atoms with E-state index in [1.165, 1.54) is 16.7 Å². The molecule has 72 valence electrons. The van der Waals surface area contributed by atoms with Gasteiger partial charge in [-0.25, -0.2) is 0 Å². The minimum absolute atomic E-state index is 0.282. The Kier molecular flexibility index (Phi) is 3.26. The summed E-state index contributed by atoms with van der Waals surface area (Å²) in [6.45, 7) is 6.27. The molecule has 0 spiro atoms. The van der Waals surface area contributed by atoms with Gasteiger partial charge in [-0.15, -0.1) is 0 Å². The molecule has 0 radical (unpaired) electrons. The van der Waals surface area contributed by atoms with Crippen molar-refractivity contribution in [1.29, 1.82) is 0 Å². The Bertz CT molecular complexity index is 305. The molecule has 0 saturated heterocycles. The van der Waals surface area contributed by atoms with Gasteiger partial charge in [-0.2, -0.15) is 12.6 Å². The highest BCUT2D eigenvalue weighted by atomic mass is 32.1. The van der Waals surface area contributed by atoms with Crippen LogP contribution in [-0.4, -0.2) is 7.11 Å². The monoisotopic (exact) mass is 196 g/mol. The fourth-order valence-electron chi connectivity index (χ4n) is 1.49. The fraction of sp³-hybridized carbons (Fsp3) is 0.455. The highest BCUT2D eigenvalue weighted by molar-refractivity contribution is 7.80. The molecule has 0 fully saturated rings. The maximum atomic E-state index is 5.24.